The Morgan fingerprint density at radius 2 is 1.56 bits per heavy atom. The number of rotatable bonds is 9. The van der Waals surface area contributed by atoms with Gasteiger partial charge in [-0.3, -0.25) is 14.5 Å². The lowest BCUT2D eigenvalue weighted by atomic mass is 9.87. The van der Waals surface area contributed by atoms with Crippen LogP contribution in [0.2, 0.25) is 5.02 Å². The molecule has 3 amide bonds. The number of nitrogens with one attached hydrogen (secondary N) is 2. The zero-order valence-corrected chi connectivity index (χ0v) is 29.0. The molecule has 6 rings (SSSR count). The summed E-state index contributed by atoms with van der Waals surface area (Å²) in [6.07, 6.45) is 4.40. The normalized spacial score (nSPS) is 18.9. The van der Waals surface area contributed by atoms with Crippen LogP contribution in [-0.4, -0.2) is 65.0 Å². The highest BCUT2D eigenvalue weighted by molar-refractivity contribution is 6.30. The van der Waals surface area contributed by atoms with Gasteiger partial charge in [-0.1, -0.05) is 66.2 Å². The van der Waals surface area contributed by atoms with Crippen molar-refractivity contribution >= 4 is 35.2 Å². The van der Waals surface area contributed by atoms with Gasteiger partial charge in [-0.05, 0) is 98.7 Å². The second-order valence-electron chi connectivity index (χ2n) is 14.5. The molecule has 2 atom stereocenters. The van der Waals surface area contributed by atoms with Crippen LogP contribution >= 0.6 is 11.6 Å². The Labute approximate surface area is 289 Å². The van der Waals surface area contributed by atoms with Crippen molar-refractivity contribution in [3.05, 3.63) is 100 Å². The fourth-order valence-electron chi connectivity index (χ4n) is 6.82. The summed E-state index contributed by atoms with van der Waals surface area (Å²) >= 11 is 6.17. The molecule has 9 heteroatoms. The van der Waals surface area contributed by atoms with Crippen molar-refractivity contribution in [2.75, 3.05) is 25.0 Å². The summed E-state index contributed by atoms with van der Waals surface area (Å²) in [7, 11) is 0. The maximum atomic E-state index is 14.3. The van der Waals surface area contributed by atoms with E-state index in [9.17, 15) is 14.4 Å². The monoisotopic (exact) mass is 670 g/mol. The van der Waals surface area contributed by atoms with Gasteiger partial charge in [0.2, 0.25) is 11.8 Å². The Balaban J connectivity index is 1.18. The third-order valence-corrected chi connectivity index (χ3v) is 9.88. The molecule has 2 aliphatic heterocycles. The third-order valence-electron chi connectivity index (χ3n) is 9.63. The van der Waals surface area contributed by atoms with Crippen LogP contribution in [0.4, 0.5) is 10.5 Å². The molecule has 0 aromatic heterocycles. The minimum Gasteiger partial charge on any atom is -0.444 e. The van der Waals surface area contributed by atoms with Gasteiger partial charge in [0.25, 0.3) is 0 Å². The molecule has 8 nitrogen and oxygen atoms in total. The van der Waals surface area contributed by atoms with E-state index in [1.54, 1.807) is 12.1 Å². The van der Waals surface area contributed by atoms with Crippen LogP contribution in [-0.2, 0) is 33.7 Å². The van der Waals surface area contributed by atoms with E-state index in [-0.39, 0.29) is 18.4 Å². The first-order valence-electron chi connectivity index (χ1n) is 17.3. The second kappa shape index (κ2) is 14.6. The number of halogens is 1. The third kappa shape index (κ3) is 8.51. The molecule has 1 aliphatic carbocycles. The molecule has 0 spiro atoms. The van der Waals surface area contributed by atoms with Gasteiger partial charge in [0.05, 0.1) is 6.54 Å². The molecule has 3 aromatic rings. The molecule has 2 unspecified atom stereocenters. The number of ether oxygens (including phenoxy) is 1. The van der Waals surface area contributed by atoms with Gasteiger partial charge in [0.1, 0.15) is 17.7 Å². The number of fused-ring (bicyclic) bond motifs is 1. The second-order valence-corrected chi connectivity index (χ2v) is 14.9. The number of anilines is 1. The van der Waals surface area contributed by atoms with Gasteiger partial charge >= 0.3 is 6.09 Å². The number of carbonyl (C=O) groups excluding carboxylic acids is 3. The Hall–Kier alpha value is -4.04. The van der Waals surface area contributed by atoms with E-state index in [1.807, 2.05) is 62.1 Å². The largest absolute Gasteiger partial charge is 0.444 e. The summed E-state index contributed by atoms with van der Waals surface area (Å²) in [5.74, 6) is 0.654. The van der Waals surface area contributed by atoms with Crippen molar-refractivity contribution < 1.29 is 19.1 Å². The van der Waals surface area contributed by atoms with Crippen molar-refractivity contribution in [1.82, 2.24) is 15.1 Å². The predicted octanol–water partition coefficient (Wildman–Crippen LogP) is 6.96. The summed E-state index contributed by atoms with van der Waals surface area (Å²) in [5.41, 5.74) is 4.67. The van der Waals surface area contributed by atoms with E-state index in [0.29, 0.717) is 36.9 Å². The van der Waals surface area contributed by atoms with Crippen LogP contribution in [0.25, 0.3) is 0 Å². The molecule has 2 heterocycles. The molecular weight excluding hydrogens is 624 g/mol. The quantitative estimate of drug-likeness (QED) is 0.257. The van der Waals surface area contributed by atoms with Crippen molar-refractivity contribution in [3.63, 3.8) is 0 Å². The molecule has 3 aromatic carbocycles. The van der Waals surface area contributed by atoms with Gasteiger partial charge in [-0.2, -0.15) is 0 Å². The lowest BCUT2D eigenvalue weighted by Gasteiger charge is -2.38. The highest BCUT2D eigenvalue weighted by atomic mass is 35.5. The predicted molar refractivity (Wildman–Crippen MR) is 189 cm³/mol. The average Bonchev–Trinajstić information content (AvgIpc) is 3.91. The first-order chi connectivity index (χ1) is 23.0. The van der Waals surface area contributed by atoms with Crippen LogP contribution in [0, 0.1) is 5.92 Å². The zero-order chi connectivity index (χ0) is 33.8. The SMILES string of the molecule is CC(C)(C)OC(=O)N1Cc2ccccc2CC1C(=O)NC(Cc1ccc(Cl)cc1)C(=O)N1CCC(c2ccccc2NCC2CC2)CC1. The Kier molecular flexibility index (Phi) is 10.3. The van der Waals surface area contributed by atoms with Crippen molar-refractivity contribution in [3.8, 4) is 0 Å². The van der Waals surface area contributed by atoms with Crippen LogP contribution in [0.15, 0.2) is 72.8 Å². The first-order valence-corrected chi connectivity index (χ1v) is 17.6. The minimum absolute atomic E-state index is 0.114. The van der Waals surface area contributed by atoms with Gasteiger partial charge in [-0.25, -0.2) is 4.79 Å². The number of hydrogen-bond donors (Lipinski definition) is 2. The maximum absolute atomic E-state index is 14.3. The number of nitrogens with zero attached hydrogens (tertiary/aromatic N) is 2. The van der Waals surface area contributed by atoms with Gasteiger partial charge < -0.3 is 20.3 Å². The summed E-state index contributed by atoms with van der Waals surface area (Å²) in [4.78, 5) is 45.2. The van der Waals surface area contributed by atoms with Gasteiger partial charge in [0.15, 0.2) is 0 Å². The van der Waals surface area contributed by atoms with Crippen LogP contribution in [0.5, 0.6) is 0 Å². The van der Waals surface area contributed by atoms with E-state index in [0.717, 1.165) is 42.0 Å². The summed E-state index contributed by atoms with van der Waals surface area (Å²) in [6, 6.07) is 22.1. The number of benzene rings is 3. The Bertz CT molecular complexity index is 1610. The molecule has 1 saturated carbocycles. The summed E-state index contributed by atoms with van der Waals surface area (Å²) in [6.45, 7) is 7.91. The highest BCUT2D eigenvalue weighted by Gasteiger charge is 2.39. The standard InChI is InChI=1S/C39H47ClN4O4/c1-39(2,3)48-38(47)44-25-30-9-5-4-8-29(30)23-35(44)36(45)42-34(22-26-14-16-31(40)17-15-26)37(46)43-20-18-28(19-21-43)32-10-6-7-11-33(32)41-24-27-12-13-27/h4-11,14-17,27-28,34-35,41H,12-13,18-25H2,1-3H3,(H,42,45). The van der Waals surface area contributed by atoms with E-state index >= 15 is 0 Å². The fraction of sp³-hybridized carbons (Fsp3) is 0.462. The number of carbonyl (C=O) groups is 3. The van der Waals surface area contributed by atoms with Crippen molar-refractivity contribution in [2.45, 2.75) is 89.4 Å². The molecule has 1 saturated heterocycles. The molecule has 0 bridgehead atoms. The molecular formula is C39H47ClN4O4. The lowest BCUT2D eigenvalue weighted by Crippen LogP contribution is -2.58. The topological polar surface area (TPSA) is 91.0 Å². The summed E-state index contributed by atoms with van der Waals surface area (Å²) < 4.78 is 5.73. The van der Waals surface area contributed by atoms with E-state index in [2.05, 4.69) is 34.9 Å². The number of likely N-dealkylation sites (tertiary alicyclic amines) is 1. The van der Waals surface area contributed by atoms with E-state index in [1.165, 1.54) is 29.0 Å². The minimum atomic E-state index is -0.819. The molecule has 254 valence electrons. The smallest absolute Gasteiger partial charge is 0.411 e. The lowest BCUT2D eigenvalue weighted by molar-refractivity contribution is -0.138. The summed E-state index contributed by atoms with van der Waals surface area (Å²) in [5, 5.41) is 7.36. The first kappa shape index (κ1) is 33.8. The number of para-hydroxylation sites is 1. The Morgan fingerprint density at radius 3 is 2.25 bits per heavy atom. The molecule has 2 N–H and O–H groups in total. The average molecular weight is 671 g/mol. The Morgan fingerprint density at radius 1 is 0.896 bits per heavy atom. The van der Waals surface area contributed by atoms with Crippen LogP contribution < -0.4 is 10.6 Å². The maximum Gasteiger partial charge on any atom is 0.411 e. The van der Waals surface area contributed by atoms with Crippen molar-refractivity contribution in [1.29, 1.82) is 0 Å². The van der Waals surface area contributed by atoms with Crippen LogP contribution in [0.1, 0.15) is 74.6 Å². The van der Waals surface area contributed by atoms with E-state index < -0.39 is 23.8 Å². The number of piperidine rings is 1. The molecule has 48 heavy (non-hydrogen) atoms. The van der Waals surface area contributed by atoms with Crippen molar-refractivity contribution in [2.24, 2.45) is 5.92 Å². The van der Waals surface area contributed by atoms with E-state index in [4.69, 9.17) is 16.3 Å². The molecule has 3 aliphatic rings. The van der Waals surface area contributed by atoms with Crippen LogP contribution in [0.3, 0.4) is 0 Å². The number of hydrogen-bond acceptors (Lipinski definition) is 5. The highest BCUT2D eigenvalue weighted by Crippen LogP contribution is 2.35. The van der Waals surface area contributed by atoms with Gasteiger partial charge in [-0.15, -0.1) is 0 Å². The molecule has 2 fully saturated rings. The number of amides is 3. The fourth-order valence-corrected chi connectivity index (χ4v) is 6.94. The van der Waals surface area contributed by atoms with Gasteiger partial charge in [0, 0.05) is 43.2 Å². The molecule has 0 radical (unpaired) electrons. The zero-order valence-electron chi connectivity index (χ0n) is 28.2.